The van der Waals surface area contributed by atoms with Crippen molar-refractivity contribution in [1.82, 2.24) is 0 Å². The van der Waals surface area contributed by atoms with Gasteiger partial charge in [0.25, 0.3) is 0 Å². The molecular weight excluding hydrogens is 240 g/mol. The third-order valence-electron chi connectivity index (χ3n) is 2.65. The van der Waals surface area contributed by atoms with Gasteiger partial charge < -0.3 is 5.11 Å². The molecular formula is C16H12O3. The number of carboxylic acid groups (broad SMARTS) is 1. The van der Waals surface area contributed by atoms with Gasteiger partial charge in [-0.3, -0.25) is 4.79 Å². The number of carboxylic acids is 1. The van der Waals surface area contributed by atoms with Crippen LogP contribution in [0, 0.1) is 0 Å². The summed E-state index contributed by atoms with van der Waals surface area (Å²) in [5, 5.41) is 8.56. The molecule has 0 radical (unpaired) electrons. The van der Waals surface area contributed by atoms with E-state index in [2.05, 4.69) is 0 Å². The Morgan fingerprint density at radius 2 is 1.47 bits per heavy atom. The fraction of sp³-hybridized carbons (Fsp3) is 0. The summed E-state index contributed by atoms with van der Waals surface area (Å²) in [5.74, 6) is -1.45. The molecule has 0 amide bonds. The van der Waals surface area contributed by atoms with Crippen molar-refractivity contribution in [1.29, 1.82) is 0 Å². The average molecular weight is 252 g/mol. The van der Waals surface area contributed by atoms with E-state index in [1.165, 1.54) is 0 Å². The Kier molecular flexibility index (Phi) is 3.88. The Hall–Kier alpha value is -2.68. The van der Waals surface area contributed by atoms with Crippen LogP contribution >= 0.6 is 0 Å². The minimum absolute atomic E-state index is 0.318. The molecule has 94 valence electrons. The zero-order valence-electron chi connectivity index (χ0n) is 10.1. The summed E-state index contributed by atoms with van der Waals surface area (Å²) in [7, 11) is 0. The van der Waals surface area contributed by atoms with Gasteiger partial charge in [0.2, 0.25) is 0 Å². The van der Waals surface area contributed by atoms with Crippen LogP contribution in [0.15, 0.2) is 66.7 Å². The summed E-state index contributed by atoms with van der Waals surface area (Å²) >= 11 is 0. The molecule has 0 spiro atoms. The molecule has 19 heavy (non-hydrogen) atoms. The second-order valence-electron chi connectivity index (χ2n) is 3.95. The van der Waals surface area contributed by atoms with Gasteiger partial charge in [-0.1, -0.05) is 54.6 Å². The second kappa shape index (κ2) is 5.78. The van der Waals surface area contributed by atoms with Gasteiger partial charge in [0, 0.05) is 11.6 Å². The van der Waals surface area contributed by atoms with Crippen LogP contribution < -0.4 is 0 Å². The lowest BCUT2D eigenvalue weighted by molar-refractivity contribution is -0.131. The van der Waals surface area contributed by atoms with Gasteiger partial charge in [-0.25, -0.2) is 4.79 Å². The number of hydrogen-bond donors (Lipinski definition) is 1. The van der Waals surface area contributed by atoms with Gasteiger partial charge in [-0.15, -0.1) is 0 Å². The van der Waals surface area contributed by atoms with Crippen LogP contribution in [0.5, 0.6) is 0 Å². The van der Waals surface area contributed by atoms with E-state index in [-0.39, 0.29) is 5.78 Å². The predicted octanol–water partition coefficient (Wildman–Crippen LogP) is 3.18. The third kappa shape index (κ3) is 3.16. The summed E-state index contributed by atoms with van der Waals surface area (Å²) in [6.45, 7) is 0. The maximum absolute atomic E-state index is 12.0. The first-order valence-electron chi connectivity index (χ1n) is 5.78. The van der Waals surface area contributed by atoms with Crippen LogP contribution in [-0.2, 0) is 4.79 Å². The minimum Gasteiger partial charge on any atom is -0.478 e. The molecule has 0 saturated heterocycles. The standard InChI is InChI=1S/C16H12O3/c17-15(10-11-16(18)19)14-9-5-4-8-13(14)12-6-2-1-3-7-12/h1-11H,(H,18,19)/b11-10+. The van der Waals surface area contributed by atoms with Crippen LogP contribution in [0.3, 0.4) is 0 Å². The normalized spacial score (nSPS) is 10.5. The Labute approximate surface area is 110 Å². The van der Waals surface area contributed by atoms with Gasteiger partial charge in [-0.2, -0.15) is 0 Å². The Morgan fingerprint density at radius 3 is 2.16 bits per heavy atom. The van der Waals surface area contributed by atoms with Crippen LogP contribution in [0.25, 0.3) is 11.1 Å². The molecule has 2 rings (SSSR count). The molecule has 0 fully saturated rings. The summed E-state index contributed by atoms with van der Waals surface area (Å²) < 4.78 is 0. The van der Waals surface area contributed by atoms with Crippen LogP contribution in [0.2, 0.25) is 0 Å². The molecule has 2 aromatic carbocycles. The first kappa shape index (κ1) is 12.8. The molecule has 3 nitrogen and oxygen atoms in total. The van der Waals surface area contributed by atoms with E-state index in [1.807, 2.05) is 42.5 Å². The maximum atomic E-state index is 12.0. The maximum Gasteiger partial charge on any atom is 0.328 e. The van der Waals surface area contributed by atoms with Crippen molar-refractivity contribution in [3.05, 3.63) is 72.3 Å². The number of carbonyl (C=O) groups is 2. The first-order valence-corrected chi connectivity index (χ1v) is 5.78. The largest absolute Gasteiger partial charge is 0.478 e. The van der Waals surface area contributed by atoms with Crippen molar-refractivity contribution in [2.75, 3.05) is 0 Å². The molecule has 0 aromatic heterocycles. The fourth-order valence-electron chi connectivity index (χ4n) is 1.80. The molecule has 3 heteroatoms. The highest BCUT2D eigenvalue weighted by atomic mass is 16.4. The first-order chi connectivity index (χ1) is 9.18. The second-order valence-corrected chi connectivity index (χ2v) is 3.95. The van der Waals surface area contributed by atoms with E-state index in [1.54, 1.807) is 12.1 Å². The molecule has 0 aliphatic rings. The number of benzene rings is 2. The zero-order chi connectivity index (χ0) is 13.7. The third-order valence-corrected chi connectivity index (χ3v) is 2.65. The fourth-order valence-corrected chi connectivity index (χ4v) is 1.80. The highest BCUT2D eigenvalue weighted by Crippen LogP contribution is 2.23. The summed E-state index contributed by atoms with van der Waals surface area (Å²) in [4.78, 5) is 22.4. The predicted molar refractivity (Wildman–Crippen MR) is 73.0 cm³/mol. The van der Waals surface area contributed by atoms with E-state index in [0.29, 0.717) is 5.56 Å². The minimum atomic E-state index is -1.13. The van der Waals surface area contributed by atoms with Gasteiger partial charge >= 0.3 is 5.97 Å². The number of allylic oxidation sites excluding steroid dienone is 1. The van der Waals surface area contributed by atoms with Crippen LogP contribution in [0.1, 0.15) is 10.4 Å². The molecule has 0 aliphatic heterocycles. The lowest BCUT2D eigenvalue weighted by Gasteiger charge is -2.06. The quantitative estimate of drug-likeness (QED) is 0.671. The molecule has 0 saturated carbocycles. The SMILES string of the molecule is O=C(O)/C=C/C(=O)c1ccccc1-c1ccccc1. The molecule has 1 N–H and O–H groups in total. The Balaban J connectivity index is 2.42. The average Bonchev–Trinajstić information content (AvgIpc) is 2.45. The van der Waals surface area contributed by atoms with Crippen molar-refractivity contribution in [2.45, 2.75) is 0 Å². The van der Waals surface area contributed by atoms with Crippen LogP contribution in [0.4, 0.5) is 0 Å². The van der Waals surface area contributed by atoms with Crippen molar-refractivity contribution < 1.29 is 14.7 Å². The van der Waals surface area contributed by atoms with E-state index in [9.17, 15) is 9.59 Å². The van der Waals surface area contributed by atoms with E-state index >= 15 is 0 Å². The number of rotatable bonds is 4. The lowest BCUT2D eigenvalue weighted by atomic mass is 9.97. The molecule has 0 bridgehead atoms. The molecule has 2 aromatic rings. The number of carbonyl (C=O) groups excluding carboxylic acids is 1. The number of hydrogen-bond acceptors (Lipinski definition) is 2. The number of aliphatic carboxylic acids is 1. The van der Waals surface area contributed by atoms with Crippen molar-refractivity contribution in [3.63, 3.8) is 0 Å². The van der Waals surface area contributed by atoms with Gasteiger partial charge in [0.15, 0.2) is 5.78 Å². The van der Waals surface area contributed by atoms with E-state index in [4.69, 9.17) is 5.11 Å². The van der Waals surface area contributed by atoms with Gasteiger partial charge in [-0.05, 0) is 17.2 Å². The van der Waals surface area contributed by atoms with Gasteiger partial charge in [0.1, 0.15) is 0 Å². The van der Waals surface area contributed by atoms with Crippen LogP contribution in [-0.4, -0.2) is 16.9 Å². The number of ketones is 1. The van der Waals surface area contributed by atoms with Crippen molar-refractivity contribution in [2.24, 2.45) is 0 Å². The molecule has 0 unspecified atom stereocenters. The zero-order valence-corrected chi connectivity index (χ0v) is 10.1. The monoisotopic (exact) mass is 252 g/mol. The Bertz CT molecular complexity index is 627. The molecule has 0 aliphatic carbocycles. The van der Waals surface area contributed by atoms with E-state index < -0.39 is 5.97 Å². The summed E-state index contributed by atoms with van der Waals surface area (Å²) in [5.41, 5.74) is 2.21. The highest BCUT2D eigenvalue weighted by Gasteiger charge is 2.09. The van der Waals surface area contributed by atoms with Gasteiger partial charge in [0.05, 0.1) is 0 Å². The van der Waals surface area contributed by atoms with Crippen molar-refractivity contribution >= 4 is 11.8 Å². The topological polar surface area (TPSA) is 54.4 Å². The highest BCUT2D eigenvalue weighted by molar-refractivity contribution is 6.10. The summed E-state index contributed by atoms with van der Waals surface area (Å²) in [6, 6.07) is 16.6. The smallest absolute Gasteiger partial charge is 0.328 e. The summed E-state index contributed by atoms with van der Waals surface area (Å²) in [6.07, 6.45) is 1.92. The molecule has 0 heterocycles. The van der Waals surface area contributed by atoms with E-state index in [0.717, 1.165) is 23.3 Å². The van der Waals surface area contributed by atoms with Crippen molar-refractivity contribution in [3.8, 4) is 11.1 Å². The molecule has 0 atom stereocenters. The Morgan fingerprint density at radius 1 is 0.842 bits per heavy atom. The lowest BCUT2D eigenvalue weighted by Crippen LogP contribution is -1.99.